The van der Waals surface area contributed by atoms with Crippen LogP contribution in [0.2, 0.25) is 0 Å². The number of nitrogens with zero attached hydrogens (tertiary/aromatic N) is 1. The first kappa shape index (κ1) is 7.35. The summed E-state index contributed by atoms with van der Waals surface area (Å²) in [6.45, 7) is 0.00894. The van der Waals surface area contributed by atoms with E-state index in [2.05, 4.69) is 10.9 Å². The van der Waals surface area contributed by atoms with Crippen molar-refractivity contribution < 1.29 is 0 Å². The van der Waals surface area contributed by atoms with Gasteiger partial charge in [-0.15, -0.1) is 6.42 Å². The third-order valence-corrected chi connectivity index (χ3v) is 1.19. The fraction of sp³-hybridized carbons (Fsp3) is 0.143. The van der Waals surface area contributed by atoms with Gasteiger partial charge in [0.15, 0.2) is 0 Å². The highest BCUT2D eigenvalue weighted by Gasteiger charge is 1.94. The van der Waals surface area contributed by atoms with E-state index in [4.69, 9.17) is 6.42 Å². The van der Waals surface area contributed by atoms with E-state index < -0.39 is 5.69 Å². The molecule has 0 aromatic carbocycles. The Morgan fingerprint density at radius 1 is 1.64 bits per heavy atom. The summed E-state index contributed by atoms with van der Waals surface area (Å²) in [5.74, 6) is 2.21. The van der Waals surface area contributed by atoms with E-state index in [0.29, 0.717) is 0 Å². The van der Waals surface area contributed by atoms with E-state index in [1.165, 1.54) is 12.3 Å². The summed E-state index contributed by atoms with van der Waals surface area (Å²) in [4.78, 5) is 24.1. The summed E-state index contributed by atoms with van der Waals surface area (Å²) in [6, 6.07) is 1.25. The molecule has 11 heavy (non-hydrogen) atoms. The Kier molecular flexibility index (Phi) is 1.93. The van der Waals surface area contributed by atoms with Crippen LogP contribution in [0.5, 0.6) is 0 Å². The first-order chi connectivity index (χ1) is 5.25. The first-order valence-corrected chi connectivity index (χ1v) is 2.97. The molecule has 0 spiro atoms. The van der Waals surface area contributed by atoms with Crippen molar-refractivity contribution in [2.24, 2.45) is 0 Å². The number of rotatable bonds is 1. The van der Waals surface area contributed by atoms with Crippen molar-refractivity contribution in [3.05, 3.63) is 33.1 Å². The largest absolute Gasteiger partial charge is 0.329 e. The Balaban J connectivity index is 3.36. The van der Waals surface area contributed by atoms with Crippen molar-refractivity contribution in [2.75, 3.05) is 0 Å². The van der Waals surface area contributed by atoms with Gasteiger partial charge in [0.2, 0.25) is 0 Å². The van der Waals surface area contributed by atoms with Gasteiger partial charge in [-0.05, 0) is 0 Å². The van der Waals surface area contributed by atoms with Gasteiger partial charge < -0.3 is 4.98 Å². The van der Waals surface area contributed by atoms with Crippen molar-refractivity contribution >= 4 is 0 Å². The molecule has 0 atom stereocenters. The molecule has 0 amide bonds. The molecule has 0 saturated carbocycles. The Morgan fingerprint density at radius 2 is 2.36 bits per heavy atom. The molecule has 4 heteroatoms. The number of nitrogens with one attached hydrogen (secondary N) is 1. The number of aromatic nitrogens is 2. The summed E-state index contributed by atoms with van der Waals surface area (Å²) >= 11 is 0. The minimum atomic E-state index is -0.476. The molecule has 0 aliphatic carbocycles. The van der Waals surface area contributed by atoms with Gasteiger partial charge in [0.25, 0.3) is 5.56 Å². The van der Waals surface area contributed by atoms with Crippen molar-refractivity contribution in [3.63, 3.8) is 0 Å². The molecule has 0 unspecified atom stereocenters. The third kappa shape index (κ3) is 1.38. The summed E-state index contributed by atoms with van der Waals surface area (Å²) in [6.07, 6.45) is 6.23. The van der Waals surface area contributed by atoms with Crippen LogP contribution in [0.25, 0.3) is 0 Å². The smallest absolute Gasteiger partial charge is 0.314 e. The van der Waals surface area contributed by atoms with E-state index in [1.807, 2.05) is 0 Å². The molecular formula is C7H6N2O2. The molecule has 0 aliphatic rings. The van der Waals surface area contributed by atoms with Crippen LogP contribution in [0.15, 0.2) is 21.9 Å². The molecule has 1 heterocycles. The van der Waals surface area contributed by atoms with Gasteiger partial charge in [0.1, 0.15) is 0 Å². The number of terminal acetylenes is 1. The Hall–Kier alpha value is -1.76. The van der Waals surface area contributed by atoms with E-state index in [0.717, 1.165) is 4.57 Å². The van der Waals surface area contributed by atoms with Crippen molar-refractivity contribution in [2.45, 2.75) is 6.54 Å². The Bertz CT molecular complexity index is 366. The van der Waals surface area contributed by atoms with Crippen LogP contribution < -0.4 is 11.2 Å². The van der Waals surface area contributed by atoms with Gasteiger partial charge in [-0.2, -0.15) is 0 Å². The second-order valence-corrected chi connectivity index (χ2v) is 1.91. The molecule has 1 N–H and O–H groups in total. The second kappa shape index (κ2) is 2.88. The molecule has 0 radical (unpaired) electrons. The zero-order chi connectivity index (χ0) is 8.27. The van der Waals surface area contributed by atoms with Crippen molar-refractivity contribution in [1.82, 2.24) is 9.55 Å². The van der Waals surface area contributed by atoms with Crippen LogP contribution in [0.4, 0.5) is 0 Å². The quantitative estimate of drug-likeness (QED) is 0.531. The van der Waals surface area contributed by atoms with Gasteiger partial charge >= 0.3 is 5.69 Å². The SMILES string of the molecule is C#CCn1c(=O)cc[nH]c1=O. The summed E-state index contributed by atoms with van der Waals surface area (Å²) < 4.78 is 0.944. The van der Waals surface area contributed by atoms with Crippen LogP contribution in [-0.4, -0.2) is 9.55 Å². The highest BCUT2D eigenvalue weighted by Crippen LogP contribution is 1.67. The molecule has 0 fully saturated rings. The van der Waals surface area contributed by atoms with Crippen LogP contribution in [-0.2, 0) is 6.54 Å². The molecule has 1 aromatic rings. The zero-order valence-corrected chi connectivity index (χ0v) is 5.70. The Morgan fingerprint density at radius 3 is 2.91 bits per heavy atom. The second-order valence-electron chi connectivity index (χ2n) is 1.91. The monoisotopic (exact) mass is 150 g/mol. The van der Waals surface area contributed by atoms with Crippen LogP contribution in [0.3, 0.4) is 0 Å². The summed E-state index contributed by atoms with van der Waals surface area (Å²) in [5, 5.41) is 0. The molecular weight excluding hydrogens is 144 g/mol. The maximum atomic E-state index is 10.9. The zero-order valence-electron chi connectivity index (χ0n) is 5.70. The minimum Gasteiger partial charge on any atom is -0.314 e. The number of aromatic amines is 1. The minimum absolute atomic E-state index is 0.00894. The average Bonchev–Trinajstić information content (AvgIpc) is 1.97. The standard InChI is InChI=1S/C7H6N2O2/c1-2-5-9-6(10)3-4-8-7(9)11/h1,3-4H,5H2,(H,8,11). The van der Waals surface area contributed by atoms with E-state index >= 15 is 0 Å². The van der Waals surface area contributed by atoms with Crippen LogP contribution >= 0.6 is 0 Å². The van der Waals surface area contributed by atoms with Crippen molar-refractivity contribution in [3.8, 4) is 12.3 Å². The predicted molar refractivity (Wildman–Crippen MR) is 40.2 cm³/mol. The molecule has 4 nitrogen and oxygen atoms in total. The molecule has 0 bridgehead atoms. The average molecular weight is 150 g/mol. The maximum Gasteiger partial charge on any atom is 0.329 e. The number of hydrogen-bond donors (Lipinski definition) is 1. The predicted octanol–water partition coefficient (Wildman–Crippen LogP) is -0.830. The Labute approximate surface area is 62.5 Å². The van der Waals surface area contributed by atoms with Gasteiger partial charge in [0.05, 0.1) is 6.54 Å². The van der Waals surface area contributed by atoms with E-state index in [9.17, 15) is 9.59 Å². The van der Waals surface area contributed by atoms with Crippen molar-refractivity contribution in [1.29, 1.82) is 0 Å². The highest BCUT2D eigenvalue weighted by atomic mass is 16.2. The van der Waals surface area contributed by atoms with Gasteiger partial charge in [-0.25, -0.2) is 9.36 Å². The molecule has 0 saturated heterocycles. The van der Waals surface area contributed by atoms with Gasteiger partial charge in [-0.3, -0.25) is 4.79 Å². The van der Waals surface area contributed by atoms with Gasteiger partial charge in [0, 0.05) is 12.3 Å². The van der Waals surface area contributed by atoms with Crippen LogP contribution in [0.1, 0.15) is 0 Å². The molecule has 56 valence electrons. The highest BCUT2D eigenvalue weighted by molar-refractivity contribution is 4.90. The fourth-order valence-corrected chi connectivity index (χ4v) is 0.693. The van der Waals surface area contributed by atoms with E-state index in [1.54, 1.807) is 0 Å². The fourth-order valence-electron chi connectivity index (χ4n) is 0.693. The number of H-pyrrole nitrogens is 1. The van der Waals surface area contributed by atoms with Crippen LogP contribution in [0, 0.1) is 12.3 Å². The van der Waals surface area contributed by atoms with Gasteiger partial charge in [-0.1, -0.05) is 5.92 Å². The molecule has 1 aromatic heterocycles. The number of hydrogen-bond acceptors (Lipinski definition) is 2. The summed E-state index contributed by atoms with van der Waals surface area (Å²) in [5.41, 5.74) is -0.859. The lowest BCUT2D eigenvalue weighted by Gasteiger charge is -1.94. The lowest BCUT2D eigenvalue weighted by atomic mass is 10.6. The summed E-state index contributed by atoms with van der Waals surface area (Å²) in [7, 11) is 0. The maximum absolute atomic E-state index is 10.9. The van der Waals surface area contributed by atoms with E-state index in [-0.39, 0.29) is 12.1 Å². The lowest BCUT2D eigenvalue weighted by Crippen LogP contribution is -2.33. The first-order valence-electron chi connectivity index (χ1n) is 2.97. The topological polar surface area (TPSA) is 54.9 Å². The third-order valence-electron chi connectivity index (χ3n) is 1.19. The normalized spacial score (nSPS) is 9.00. The molecule has 1 rings (SSSR count). The molecule has 0 aliphatic heterocycles. The lowest BCUT2D eigenvalue weighted by molar-refractivity contribution is 0.727.